The summed E-state index contributed by atoms with van der Waals surface area (Å²) in [5.41, 5.74) is 1.95. The van der Waals surface area contributed by atoms with E-state index in [0.29, 0.717) is 19.6 Å². The van der Waals surface area contributed by atoms with Gasteiger partial charge in [0, 0.05) is 0 Å². The topological polar surface area (TPSA) is 66.0 Å². The van der Waals surface area contributed by atoms with Crippen LogP contribution in [0.2, 0.25) is 0 Å². The molecule has 1 saturated heterocycles. The number of amides is 1. The second-order valence-corrected chi connectivity index (χ2v) is 6.83. The van der Waals surface area contributed by atoms with Gasteiger partial charge in [0.25, 0.3) is 0 Å². The van der Waals surface area contributed by atoms with Gasteiger partial charge in [-0.2, -0.15) is 0 Å². The van der Waals surface area contributed by atoms with E-state index in [4.69, 9.17) is 18.9 Å². The first-order valence-electron chi connectivity index (χ1n) is 9.64. The molecule has 3 rings (SSSR count). The van der Waals surface area contributed by atoms with Crippen LogP contribution in [0, 0.1) is 0 Å². The number of hydrogen-bond acceptors (Lipinski definition) is 5. The highest BCUT2D eigenvalue weighted by Gasteiger charge is 2.38. The standard InChI is InChI=1S/C23H27NO5/c1-3-7-21-22(28-14-18-10-12-19(26-2)13-11-18)20(16-27-21)24-23(25)29-15-17-8-5-4-6-9-17/h3-6,8-13,20-22H,1,7,14-16H2,2H3,(H,24,25)/t20-,21-,22-/m0/s1. The molecule has 3 atom stereocenters. The minimum Gasteiger partial charge on any atom is -0.497 e. The molecule has 154 valence electrons. The van der Waals surface area contributed by atoms with Gasteiger partial charge in [-0.1, -0.05) is 48.5 Å². The summed E-state index contributed by atoms with van der Waals surface area (Å²) in [6, 6.07) is 16.9. The summed E-state index contributed by atoms with van der Waals surface area (Å²) < 4.78 is 22.4. The zero-order valence-corrected chi connectivity index (χ0v) is 16.6. The Hall–Kier alpha value is -2.83. The van der Waals surface area contributed by atoms with Crippen LogP contribution in [0.1, 0.15) is 17.5 Å². The van der Waals surface area contributed by atoms with Gasteiger partial charge in [0.15, 0.2) is 0 Å². The Kier molecular flexibility index (Phi) is 7.67. The number of rotatable bonds is 9. The Morgan fingerprint density at radius 3 is 2.55 bits per heavy atom. The second-order valence-electron chi connectivity index (χ2n) is 6.83. The van der Waals surface area contributed by atoms with E-state index >= 15 is 0 Å². The smallest absolute Gasteiger partial charge is 0.407 e. The number of benzene rings is 2. The molecule has 1 heterocycles. The van der Waals surface area contributed by atoms with Gasteiger partial charge >= 0.3 is 6.09 Å². The van der Waals surface area contributed by atoms with Gasteiger partial charge in [0.05, 0.1) is 32.5 Å². The SMILES string of the molecule is C=CC[C@@H]1OC[C@H](NC(=O)OCc2ccccc2)[C@@H]1OCc1ccc(OC)cc1. The molecule has 0 aromatic heterocycles. The minimum atomic E-state index is -0.486. The largest absolute Gasteiger partial charge is 0.497 e. The lowest BCUT2D eigenvalue weighted by atomic mass is 10.1. The first-order chi connectivity index (χ1) is 14.2. The fourth-order valence-corrected chi connectivity index (χ4v) is 3.22. The molecule has 1 aliphatic heterocycles. The molecule has 29 heavy (non-hydrogen) atoms. The molecular formula is C23H27NO5. The molecule has 0 saturated carbocycles. The molecule has 1 amide bonds. The molecule has 1 fully saturated rings. The van der Waals surface area contributed by atoms with E-state index in [2.05, 4.69) is 11.9 Å². The van der Waals surface area contributed by atoms with Crippen LogP contribution >= 0.6 is 0 Å². The molecule has 0 unspecified atom stereocenters. The summed E-state index contributed by atoms with van der Waals surface area (Å²) in [5, 5.41) is 2.88. The van der Waals surface area contributed by atoms with Crippen LogP contribution in [-0.4, -0.2) is 38.1 Å². The number of nitrogens with one attached hydrogen (secondary N) is 1. The van der Waals surface area contributed by atoms with Gasteiger partial charge in [0.1, 0.15) is 18.5 Å². The van der Waals surface area contributed by atoms with Gasteiger partial charge in [0.2, 0.25) is 0 Å². The predicted molar refractivity (Wildman–Crippen MR) is 110 cm³/mol. The number of methoxy groups -OCH3 is 1. The summed E-state index contributed by atoms with van der Waals surface area (Å²) >= 11 is 0. The molecule has 6 heteroatoms. The lowest BCUT2D eigenvalue weighted by Gasteiger charge is -2.23. The Morgan fingerprint density at radius 2 is 1.86 bits per heavy atom. The number of hydrogen-bond donors (Lipinski definition) is 1. The molecule has 2 aromatic carbocycles. The molecule has 0 radical (unpaired) electrons. The van der Waals surface area contributed by atoms with Crippen molar-refractivity contribution in [3.63, 3.8) is 0 Å². The lowest BCUT2D eigenvalue weighted by Crippen LogP contribution is -2.45. The maximum atomic E-state index is 12.2. The Balaban J connectivity index is 1.55. The second kappa shape index (κ2) is 10.6. The number of carbonyl (C=O) groups is 1. The van der Waals surface area contributed by atoms with Gasteiger partial charge in [-0.15, -0.1) is 6.58 Å². The lowest BCUT2D eigenvalue weighted by molar-refractivity contribution is -0.0210. The Morgan fingerprint density at radius 1 is 1.14 bits per heavy atom. The average Bonchev–Trinajstić information content (AvgIpc) is 3.13. The maximum absolute atomic E-state index is 12.2. The Labute approximate surface area is 171 Å². The summed E-state index contributed by atoms with van der Waals surface area (Å²) in [6.45, 7) is 4.77. The van der Waals surface area contributed by atoms with E-state index in [0.717, 1.165) is 16.9 Å². The summed E-state index contributed by atoms with van der Waals surface area (Å²) in [6.07, 6.45) is 1.50. The van der Waals surface area contributed by atoms with Gasteiger partial charge in [-0.3, -0.25) is 0 Å². The molecule has 2 aromatic rings. The van der Waals surface area contributed by atoms with Crippen molar-refractivity contribution in [2.75, 3.05) is 13.7 Å². The highest BCUT2D eigenvalue weighted by molar-refractivity contribution is 5.67. The molecule has 1 aliphatic rings. The van der Waals surface area contributed by atoms with Crippen molar-refractivity contribution in [1.82, 2.24) is 5.32 Å². The predicted octanol–water partition coefficient (Wildman–Crippen LogP) is 3.85. The first-order valence-corrected chi connectivity index (χ1v) is 9.64. The fraction of sp³-hybridized carbons (Fsp3) is 0.348. The van der Waals surface area contributed by atoms with E-state index in [9.17, 15) is 4.79 Å². The van der Waals surface area contributed by atoms with Crippen molar-refractivity contribution in [3.8, 4) is 5.75 Å². The third kappa shape index (κ3) is 6.07. The van der Waals surface area contributed by atoms with E-state index in [1.54, 1.807) is 13.2 Å². The van der Waals surface area contributed by atoms with Crippen molar-refractivity contribution in [1.29, 1.82) is 0 Å². The first kappa shape index (κ1) is 20.9. The number of ether oxygens (including phenoxy) is 4. The van der Waals surface area contributed by atoms with Gasteiger partial charge in [-0.25, -0.2) is 4.79 Å². The molecule has 0 bridgehead atoms. The molecular weight excluding hydrogens is 370 g/mol. The zero-order chi connectivity index (χ0) is 20.5. The fourth-order valence-electron chi connectivity index (χ4n) is 3.22. The van der Waals surface area contributed by atoms with Crippen LogP contribution in [0.25, 0.3) is 0 Å². The van der Waals surface area contributed by atoms with Crippen LogP contribution in [0.3, 0.4) is 0 Å². The van der Waals surface area contributed by atoms with Crippen molar-refractivity contribution in [3.05, 3.63) is 78.4 Å². The van der Waals surface area contributed by atoms with Crippen molar-refractivity contribution >= 4 is 6.09 Å². The van der Waals surface area contributed by atoms with Crippen molar-refractivity contribution < 1.29 is 23.7 Å². The zero-order valence-electron chi connectivity index (χ0n) is 16.6. The van der Waals surface area contributed by atoms with E-state index in [1.807, 2.05) is 54.6 Å². The summed E-state index contributed by atoms with van der Waals surface area (Å²) in [7, 11) is 1.63. The van der Waals surface area contributed by atoms with Crippen LogP contribution < -0.4 is 10.1 Å². The van der Waals surface area contributed by atoms with Crippen LogP contribution in [0.5, 0.6) is 5.75 Å². The Bertz CT molecular complexity index is 778. The minimum absolute atomic E-state index is 0.162. The number of carbonyl (C=O) groups excluding carboxylic acids is 1. The molecule has 0 aliphatic carbocycles. The summed E-state index contributed by atoms with van der Waals surface area (Å²) in [4.78, 5) is 12.2. The normalized spacial score (nSPS) is 20.8. The van der Waals surface area contributed by atoms with E-state index in [1.165, 1.54) is 0 Å². The molecule has 0 spiro atoms. The van der Waals surface area contributed by atoms with Crippen LogP contribution in [-0.2, 0) is 27.4 Å². The van der Waals surface area contributed by atoms with Gasteiger partial charge < -0.3 is 24.3 Å². The average molecular weight is 397 g/mol. The third-order valence-electron chi connectivity index (χ3n) is 4.77. The van der Waals surface area contributed by atoms with Gasteiger partial charge in [-0.05, 0) is 29.7 Å². The van der Waals surface area contributed by atoms with Crippen LogP contribution in [0.15, 0.2) is 67.3 Å². The van der Waals surface area contributed by atoms with Crippen molar-refractivity contribution in [2.45, 2.75) is 37.9 Å². The third-order valence-corrected chi connectivity index (χ3v) is 4.77. The van der Waals surface area contributed by atoms with Crippen molar-refractivity contribution in [2.24, 2.45) is 0 Å². The highest BCUT2D eigenvalue weighted by Crippen LogP contribution is 2.23. The van der Waals surface area contributed by atoms with E-state index < -0.39 is 6.09 Å². The summed E-state index contributed by atoms with van der Waals surface area (Å²) in [5.74, 6) is 0.795. The molecule has 1 N–H and O–H groups in total. The molecule has 6 nitrogen and oxygen atoms in total. The highest BCUT2D eigenvalue weighted by atomic mass is 16.6. The quantitative estimate of drug-likeness (QED) is 0.651. The van der Waals surface area contributed by atoms with Crippen LogP contribution in [0.4, 0.5) is 4.79 Å². The van der Waals surface area contributed by atoms with E-state index in [-0.39, 0.29) is 24.9 Å². The maximum Gasteiger partial charge on any atom is 0.407 e. The monoisotopic (exact) mass is 397 g/mol. The number of alkyl carbamates (subject to hydrolysis) is 1.